The van der Waals surface area contributed by atoms with Crippen LogP contribution in [0.25, 0.3) is 6.08 Å². The lowest BCUT2D eigenvalue weighted by molar-refractivity contribution is -0.139. The van der Waals surface area contributed by atoms with Crippen molar-refractivity contribution < 1.29 is 19.0 Å². The molecule has 40 heavy (non-hydrogen) atoms. The van der Waals surface area contributed by atoms with E-state index in [1.165, 1.54) is 16.9 Å². The number of benzene rings is 3. The van der Waals surface area contributed by atoms with Crippen LogP contribution >= 0.6 is 11.3 Å². The molecule has 1 aromatic heterocycles. The first-order chi connectivity index (χ1) is 19.4. The number of thiazole rings is 1. The van der Waals surface area contributed by atoms with E-state index in [4.69, 9.17) is 14.2 Å². The second-order valence-electron chi connectivity index (χ2n) is 9.30. The molecule has 204 valence electrons. The van der Waals surface area contributed by atoms with Crippen molar-refractivity contribution in [1.82, 2.24) is 4.57 Å². The van der Waals surface area contributed by atoms with Gasteiger partial charge in [-0.3, -0.25) is 9.36 Å². The zero-order chi connectivity index (χ0) is 28.1. The van der Waals surface area contributed by atoms with Crippen molar-refractivity contribution in [2.45, 2.75) is 26.8 Å². The van der Waals surface area contributed by atoms with Crippen LogP contribution in [0.5, 0.6) is 11.5 Å². The van der Waals surface area contributed by atoms with Crippen molar-refractivity contribution in [2.75, 3.05) is 19.8 Å². The molecule has 0 N–H and O–H groups in total. The third kappa shape index (κ3) is 5.92. The number of aryl methyl sites for hydroxylation is 1. The molecule has 2 heterocycles. The van der Waals surface area contributed by atoms with Crippen molar-refractivity contribution in [3.8, 4) is 11.5 Å². The number of ether oxygens (including phenoxy) is 3. The summed E-state index contributed by atoms with van der Waals surface area (Å²) in [7, 11) is 0. The Morgan fingerprint density at radius 3 is 2.40 bits per heavy atom. The SMILES string of the molecule is CCOC(=O)C1=C(C)N=c2s/c(=C/c3cccc(OCCOc4ccc(C)cc4)c3)c(=O)n2C1c1ccccc1. The standard InChI is InChI=1S/C32H30N2O5S/c1-4-37-31(36)28-22(3)33-32-34(29(28)24-10-6-5-7-11-24)30(35)27(40-32)20-23-9-8-12-26(19-23)39-18-17-38-25-15-13-21(2)14-16-25/h5-16,19-20,29H,4,17-18H2,1-3H3/b27-20+. The quantitative estimate of drug-likeness (QED) is 0.224. The largest absolute Gasteiger partial charge is 0.490 e. The van der Waals surface area contributed by atoms with E-state index >= 15 is 0 Å². The van der Waals surface area contributed by atoms with Crippen LogP contribution in [0.1, 0.15) is 36.6 Å². The molecule has 0 bridgehead atoms. The Morgan fingerprint density at radius 1 is 0.950 bits per heavy atom. The minimum Gasteiger partial charge on any atom is -0.490 e. The third-order valence-electron chi connectivity index (χ3n) is 6.43. The summed E-state index contributed by atoms with van der Waals surface area (Å²) in [5.74, 6) is 1.01. The summed E-state index contributed by atoms with van der Waals surface area (Å²) in [5, 5.41) is 0. The second kappa shape index (κ2) is 12.2. The Labute approximate surface area is 236 Å². The van der Waals surface area contributed by atoms with E-state index in [0.717, 1.165) is 16.9 Å². The van der Waals surface area contributed by atoms with Gasteiger partial charge in [0.2, 0.25) is 0 Å². The first-order valence-electron chi connectivity index (χ1n) is 13.1. The van der Waals surface area contributed by atoms with Gasteiger partial charge in [0, 0.05) is 0 Å². The van der Waals surface area contributed by atoms with Crippen LogP contribution < -0.4 is 24.4 Å². The predicted octanol–water partition coefficient (Wildman–Crippen LogP) is 4.56. The van der Waals surface area contributed by atoms with E-state index < -0.39 is 12.0 Å². The number of aromatic nitrogens is 1. The summed E-state index contributed by atoms with van der Waals surface area (Å²) in [5.41, 5.74) is 3.51. The fourth-order valence-corrected chi connectivity index (χ4v) is 5.59. The Balaban J connectivity index is 1.42. The van der Waals surface area contributed by atoms with Gasteiger partial charge in [0.25, 0.3) is 5.56 Å². The first kappa shape index (κ1) is 27.1. The number of nitrogens with zero attached hydrogens (tertiary/aromatic N) is 2. The summed E-state index contributed by atoms with van der Waals surface area (Å²) in [6.45, 7) is 6.60. The highest BCUT2D eigenvalue weighted by atomic mass is 32.1. The molecule has 0 saturated carbocycles. The minimum atomic E-state index is -0.623. The van der Waals surface area contributed by atoms with E-state index in [0.29, 0.717) is 39.6 Å². The van der Waals surface area contributed by atoms with Gasteiger partial charge in [0.15, 0.2) is 4.80 Å². The second-order valence-corrected chi connectivity index (χ2v) is 10.3. The van der Waals surface area contributed by atoms with E-state index in [1.807, 2.05) is 91.9 Å². The Kier molecular flexibility index (Phi) is 8.26. The minimum absolute atomic E-state index is 0.218. The number of carbonyl (C=O) groups excluding carboxylic acids is 1. The molecule has 1 aliphatic rings. The molecular weight excluding hydrogens is 524 g/mol. The fraction of sp³-hybridized carbons (Fsp3) is 0.219. The van der Waals surface area contributed by atoms with E-state index in [9.17, 15) is 9.59 Å². The number of esters is 1. The smallest absolute Gasteiger partial charge is 0.338 e. The van der Waals surface area contributed by atoms with E-state index in [2.05, 4.69) is 4.99 Å². The molecular formula is C32H30N2O5S. The zero-order valence-electron chi connectivity index (χ0n) is 22.6. The van der Waals surface area contributed by atoms with Gasteiger partial charge in [-0.15, -0.1) is 0 Å². The Bertz CT molecular complexity index is 1720. The van der Waals surface area contributed by atoms with Crippen molar-refractivity contribution >= 4 is 23.4 Å². The zero-order valence-corrected chi connectivity index (χ0v) is 23.4. The maximum atomic E-state index is 13.7. The molecule has 0 radical (unpaired) electrons. The highest BCUT2D eigenvalue weighted by Gasteiger charge is 2.33. The maximum Gasteiger partial charge on any atom is 0.338 e. The average molecular weight is 555 g/mol. The van der Waals surface area contributed by atoms with Gasteiger partial charge in [-0.2, -0.15) is 0 Å². The van der Waals surface area contributed by atoms with Gasteiger partial charge in [-0.05, 0) is 62.2 Å². The average Bonchev–Trinajstić information content (AvgIpc) is 3.26. The topological polar surface area (TPSA) is 79.1 Å². The molecule has 1 atom stereocenters. The molecule has 5 rings (SSSR count). The highest BCUT2D eigenvalue weighted by molar-refractivity contribution is 7.07. The number of hydrogen-bond acceptors (Lipinski definition) is 7. The molecule has 8 heteroatoms. The predicted molar refractivity (Wildman–Crippen MR) is 155 cm³/mol. The van der Waals surface area contributed by atoms with E-state index in [-0.39, 0.29) is 12.2 Å². The van der Waals surface area contributed by atoms with Crippen LogP contribution in [0, 0.1) is 6.92 Å². The molecule has 0 aliphatic carbocycles. The summed E-state index contributed by atoms with van der Waals surface area (Å²) >= 11 is 1.29. The van der Waals surface area contributed by atoms with Gasteiger partial charge < -0.3 is 14.2 Å². The summed E-state index contributed by atoms with van der Waals surface area (Å²) in [6, 6.07) is 24.3. The lowest BCUT2D eigenvalue weighted by Crippen LogP contribution is -2.39. The number of fused-ring (bicyclic) bond motifs is 1. The molecule has 0 spiro atoms. The van der Waals surface area contributed by atoms with Crippen molar-refractivity contribution in [3.05, 3.63) is 127 Å². The van der Waals surface area contributed by atoms with Gasteiger partial charge in [-0.25, -0.2) is 9.79 Å². The third-order valence-corrected chi connectivity index (χ3v) is 7.41. The van der Waals surface area contributed by atoms with Gasteiger partial charge >= 0.3 is 5.97 Å². The molecule has 1 aliphatic heterocycles. The molecule has 1 unspecified atom stereocenters. The van der Waals surface area contributed by atoms with Crippen molar-refractivity contribution in [1.29, 1.82) is 0 Å². The van der Waals surface area contributed by atoms with E-state index in [1.54, 1.807) is 18.4 Å². The Morgan fingerprint density at radius 2 is 1.68 bits per heavy atom. The van der Waals surface area contributed by atoms with Gasteiger partial charge in [-0.1, -0.05) is 71.5 Å². The first-order valence-corrected chi connectivity index (χ1v) is 13.9. The lowest BCUT2D eigenvalue weighted by atomic mass is 9.96. The number of hydrogen-bond donors (Lipinski definition) is 0. The lowest BCUT2D eigenvalue weighted by Gasteiger charge is -2.24. The molecule has 0 amide bonds. The summed E-state index contributed by atoms with van der Waals surface area (Å²) < 4.78 is 19.1. The van der Waals surface area contributed by atoms with Gasteiger partial charge in [0.1, 0.15) is 24.7 Å². The Hall–Kier alpha value is -4.43. The number of allylic oxidation sites excluding steroid dienone is 1. The molecule has 0 fully saturated rings. The number of carbonyl (C=O) groups is 1. The molecule has 3 aromatic carbocycles. The van der Waals surface area contributed by atoms with Gasteiger partial charge in [0.05, 0.1) is 28.5 Å². The van der Waals surface area contributed by atoms with Crippen LogP contribution in [0.2, 0.25) is 0 Å². The fourth-order valence-electron chi connectivity index (χ4n) is 4.54. The van der Waals surface area contributed by atoms with Crippen molar-refractivity contribution in [3.63, 3.8) is 0 Å². The highest BCUT2D eigenvalue weighted by Crippen LogP contribution is 2.30. The maximum absolute atomic E-state index is 13.7. The van der Waals surface area contributed by atoms with Crippen LogP contribution in [-0.4, -0.2) is 30.4 Å². The van der Waals surface area contributed by atoms with Crippen LogP contribution in [0.3, 0.4) is 0 Å². The normalized spacial score (nSPS) is 14.9. The summed E-state index contributed by atoms with van der Waals surface area (Å²) in [4.78, 5) is 31.9. The molecule has 4 aromatic rings. The molecule has 0 saturated heterocycles. The summed E-state index contributed by atoms with van der Waals surface area (Å²) in [6.07, 6.45) is 1.82. The number of rotatable bonds is 9. The van der Waals surface area contributed by atoms with Crippen LogP contribution in [0.15, 0.2) is 99.9 Å². The van der Waals surface area contributed by atoms with Crippen molar-refractivity contribution in [2.24, 2.45) is 4.99 Å². The van der Waals surface area contributed by atoms with Crippen LogP contribution in [-0.2, 0) is 9.53 Å². The molecule has 7 nitrogen and oxygen atoms in total. The van der Waals surface area contributed by atoms with Crippen LogP contribution in [0.4, 0.5) is 0 Å². The monoisotopic (exact) mass is 554 g/mol.